The number of hydrogen-bond acceptors (Lipinski definition) is 3. The van der Waals surface area contributed by atoms with Crippen molar-refractivity contribution in [1.29, 1.82) is 0 Å². The van der Waals surface area contributed by atoms with E-state index in [2.05, 4.69) is 73.6 Å². The van der Waals surface area contributed by atoms with Crippen molar-refractivity contribution in [3.05, 3.63) is 35.9 Å². The largest absolute Gasteiger partial charge is 0.396 e. The standard InChI is InChI=1S/C24H42N4O.HI/c1-5-24(6-2,14-16-29)19-26-23(25-7-3)27-22-13-15-28(20(4)17-22)18-21-11-9-8-10-12-21;/h8-12,20,22,29H,5-7,13-19H2,1-4H3,(H2,25,26,27);1H. The van der Waals surface area contributed by atoms with E-state index >= 15 is 0 Å². The Morgan fingerprint density at radius 2 is 1.90 bits per heavy atom. The van der Waals surface area contributed by atoms with Gasteiger partial charge in [-0.05, 0) is 56.9 Å². The van der Waals surface area contributed by atoms with Gasteiger partial charge in [-0.3, -0.25) is 9.89 Å². The molecule has 30 heavy (non-hydrogen) atoms. The molecule has 1 aliphatic rings. The zero-order chi connectivity index (χ0) is 21.1. The van der Waals surface area contributed by atoms with Crippen molar-refractivity contribution in [2.75, 3.05) is 26.2 Å². The zero-order valence-corrected chi connectivity index (χ0v) is 21.7. The summed E-state index contributed by atoms with van der Waals surface area (Å²) in [7, 11) is 0. The van der Waals surface area contributed by atoms with Crippen molar-refractivity contribution in [2.24, 2.45) is 10.4 Å². The Balaban J connectivity index is 0.00000450. The molecule has 0 saturated carbocycles. The summed E-state index contributed by atoms with van der Waals surface area (Å²) in [6.07, 6.45) is 5.16. The first-order valence-electron chi connectivity index (χ1n) is 11.5. The highest BCUT2D eigenvalue weighted by molar-refractivity contribution is 14.0. The summed E-state index contributed by atoms with van der Waals surface area (Å²) in [6.45, 7) is 12.9. The van der Waals surface area contributed by atoms with Crippen LogP contribution in [0.4, 0.5) is 0 Å². The average molecular weight is 531 g/mol. The fourth-order valence-corrected chi connectivity index (χ4v) is 4.31. The molecule has 3 N–H and O–H groups in total. The Kier molecular flexibility index (Phi) is 12.9. The molecular formula is C24H43IN4O. The summed E-state index contributed by atoms with van der Waals surface area (Å²) < 4.78 is 0. The van der Waals surface area contributed by atoms with Crippen LogP contribution in [0.25, 0.3) is 0 Å². The number of aliphatic imine (C=N–C) groups is 1. The number of aliphatic hydroxyl groups excluding tert-OH is 1. The molecule has 1 fully saturated rings. The molecule has 0 aliphatic carbocycles. The minimum absolute atomic E-state index is 0. The van der Waals surface area contributed by atoms with Crippen LogP contribution in [-0.4, -0.2) is 54.3 Å². The minimum atomic E-state index is 0. The number of likely N-dealkylation sites (tertiary alicyclic amines) is 1. The number of benzene rings is 1. The molecule has 1 aromatic rings. The lowest BCUT2D eigenvalue weighted by atomic mass is 9.79. The number of nitrogens with zero attached hydrogens (tertiary/aromatic N) is 2. The van der Waals surface area contributed by atoms with Crippen LogP contribution >= 0.6 is 24.0 Å². The lowest BCUT2D eigenvalue weighted by molar-refractivity contribution is 0.134. The van der Waals surface area contributed by atoms with Crippen molar-refractivity contribution >= 4 is 29.9 Å². The molecule has 1 aromatic carbocycles. The van der Waals surface area contributed by atoms with Gasteiger partial charge in [0.2, 0.25) is 0 Å². The molecule has 1 heterocycles. The third kappa shape index (κ3) is 8.35. The molecule has 6 heteroatoms. The first-order chi connectivity index (χ1) is 14.1. The second-order valence-electron chi connectivity index (χ2n) is 8.55. The molecule has 2 atom stereocenters. The second-order valence-corrected chi connectivity index (χ2v) is 8.55. The van der Waals surface area contributed by atoms with Gasteiger partial charge in [0.15, 0.2) is 5.96 Å². The Morgan fingerprint density at radius 3 is 2.47 bits per heavy atom. The average Bonchev–Trinajstić information content (AvgIpc) is 2.74. The number of hydrogen-bond donors (Lipinski definition) is 3. The SMILES string of the molecule is CCNC(=NCC(CC)(CC)CCO)NC1CCN(Cc2ccccc2)C(C)C1.I. The molecule has 1 aliphatic heterocycles. The summed E-state index contributed by atoms with van der Waals surface area (Å²) in [5, 5.41) is 16.6. The smallest absolute Gasteiger partial charge is 0.191 e. The summed E-state index contributed by atoms with van der Waals surface area (Å²) in [4.78, 5) is 7.50. The van der Waals surface area contributed by atoms with Crippen LogP contribution in [-0.2, 0) is 6.54 Å². The summed E-state index contributed by atoms with van der Waals surface area (Å²) in [5.74, 6) is 0.922. The molecule has 0 amide bonds. The molecule has 172 valence electrons. The zero-order valence-electron chi connectivity index (χ0n) is 19.4. The van der Waals surface area contributed by atoms with E-state index in [9.17, 15) is 5.11 Å². The van der Waals surface area contributed by atoms with Crippen LogP contribution < -0.4 is 10.6 Å². The van der Waals surface area contributed by atoms with Gasteiger partial charge in [0.1, 0.15) is 0 Å². The van der Waals surface area contributed by atoms with Crippen LogP contribution in [0.15, 0.2) is 35.3 Å². The van der Waals surface area contributed by atoms with Crippen molar-refractivity contribution in [2.45, 2.75) is 78.4 Å². The van der Waals surface area contributed by atoms with Gasteiger partial charge >= 0.3 is 0 Å². The molecule has 0 spiro atoms. The van der Waals surface area contributed by atoms with Gasteiger partial charge in [-0.25, -0.2) is 0 Å². The van der Waals surface area contributed by atoms with Crippen molar-refractivity contribution in [1.82, 2.24) is 15.5 Å². The molecule has 2 rings (SSSR count). The van der Waals surface area contributed by atoms with E-state index in [4.69, 9.17) is 4.99 Å². The molecule has 5 nitrogen and oxygen atoms in total. The van der Waals surface area contributed by atoms with E-state index in [1.807, 2.05) is 0 Å². The van der Waals surface area contributed by atoms with Gasteiger partial charge in [0.25, 0.3) is 0 Å². The van der Waals surface area contributed by atoms with E-state index in [1.54, 1.807) is 0 Å². The van der Waals surface area contributed by atoms with Crippen molar-refractivity contribution in [3.63, 3.8) is 0 Å². The van der Waals surface area contributed by atoms with Gasteiger partial charge in [0.05, 0.1) is 0 Å². The highest BCUT2D eigenvalue weighted by atomic mass is 127. The van der Waals surface area contributed by atoms with Crippen LogP contribution in [0.3, 0.4) is 0 Å². The van der Waals surface area contributed by atoms with E-state index in [1.165, 1.54) is 5.56 Å². The van der Waals surface area contributed by atoms with E-state index < -0.39 is 0 Å². The minimum Gasteiger partial charge on any atom is -0.396 e. The summed E-state index contributed by atoms with van der Waals surface area (Å²) in [5.41, 5.74) is 1.49. The van der Waals surface area contributed by atoms with Gasteiger partial charge in [-0.15, -0.1) is 24.0 Å². The Labute approximate surface area is 201 Å². The third-order valence-corrected chi connectivity index (χ3v) is 6.64. The Bertz CT molecular complexity index is 606. The predicted molar refractivity (Wildman–Crippen MR) is 139 cm³/mol. The number of aliphatic hydroxyl groups is 1. The fraction of sp³-hybridized carbons (Fsp3) is 0.708. The maximum atomic E-state index is 9.47. The summed E-state index contributed by atoms with van der Waals surface area (Å²) >= 11 is 0. The van der Waals surface area contributed by atoms with Crippen molar-refractivity contribution in [3.8, 4) is 0 Å². The van der Waals surface area contributed by atoms with Gasteiger partial charge < -0.3 is 15.7 Å². The monoisotopic (exact) mass is 530 g/mol. The second kappa shape index (κ2) is 14.2. The Morgan fingerprint density at radius 1 is 1.20 bits per heavy atom. The first-order valence-corrected chi connectivity index (χ1v) is 11.5. The number of nitrogens with one attached hydrogen (secondary N) is 2. The van der Waals surface area contributed by atoms with E-state index in [0.717, 1.165) is 64.2 Å². The van der Waals surface area contributed by atoms with Gasteiger partial charge in [0, 0.05) is 44.9 Å². The van der Waals surface area contributed by atoms with Gasteiger partial charge in [-0.2, -0.15) is 0 Å². The number of rotatable bonds is 10. The van der Waals surface area contributed by atoms with Gasteiger partial charge in [-0.1, -0.05) is 44.2 Å². The first kappa shape index (κ1) is 27.2. The van der Waals surface area contributed by atoms with E-state index in [-0.39, 0.29) is 36.0 Å². The highest BCUT2D eigenvalue weighted by Crippen LogP contribution is 2.30. The molecular weight excluding hydrogens is 487 g/mol. The highest BCUT2D eigenvalue weighted by Gasteiger charge is 2.27. The number of halogens is 1. The van der Waals surface area contributed by atoms with Crippen LogP contribution in [0.1, 0.15) is 65.4 Å². The lowest BCUT2D eigenvalue weighted by Gasteiger charge is -2.38. The fourth-order valence-electron chi connectivity index (χ4n) is 4.31. The molecule has 0 radical (unpaired) electrons. The predicted octanol–water partition coefficient (Wildman–Crippen LogP) is 4.40. The number of piperidine rings is 1. The molecule has 1 saturated heterocycles. The maximum Gasteiger partial charge on any atom is 0.191 e. The quantitative estimate of drug-likeness (QED) is 0.239. The topological polar surface area (TPSA) is 59.9 Å². The van der Waals surface area contributed by atoms with Crippen LogP contribution in [0.2, 0.25) is 0 Å². The summed E-state index contributed by atoms with van der Waals surface area (Å²) in [6, 6.07) is 11.7. The molecule has 2 unspecified atom stereocenters. The number of guanidine groups is 1. The molecule has 0 bridgehead atoms. The lowest BCUT2D eigenvalue weighted by Crippen LogP contribution is -2.51. The molecule has 0 aromatic heterocycles. The maximum absolute atomic E-state index is 9.47. The normalized spacial score (nSPS) is 20.5. The van der Waals surface area contributed by atoms with Crippen LogP contribution in [0, 0.1) is 5.41 Å². The van der Waals surface area contributed by atoms with Crippen molar-refractivity contribution < 1.29 is 5.11 Å². The Hall–Kier alpha value is -0.860. The van der Waals surface area contributed by atoms with E-state index in [0.29, 0.717) is 12.1 Å². The third-order valence-electron chi connectivity index (χ3n) is 6.64. The van der Waals surface area contributed by atoms with Crippen LogP contribution in [0.5, 0.6) is 0 Å².